The van der Waals surface area contributed by atoms with Gasteiger partial charge in [0.05, 0.1) is 11.5 Å². The number of amides is 1. The van der Waals surface area contributed by atoms with Crippen LogP contribution in [0.3, 0.4) is 0 Å². The smallest absolute Gasteiger partial charge is 0.227 e. The minimum Gasteiger partial charge on any atom is -0.356 e. The molecule has 1 N–H and O–H groups in total. The largest absolute Gasteiger partial charge is 0.356 e. The van der Waals surface area contributed by atoms with E-state index in [-0.39, 0.29) is 11.8 Å². The van der Waals surface area contributed by atoms with E-state index in [0.717, 1.165) is 22.6 Å². The van der Waals surface area contributed by atoms with Crippen molar-refractivity contribution in [1.82, 2.24) is 15.3 Å². The fourth-order valence-corrected chi connectivity index (χ4v) is 2.67. The Balaban J connectivity index is 1.65. The second kappa shape index (κ2) is 8.01. The lowest BCUT2D eigenvalue weighted by Crippen LogP contribution is -2.27. The van der Waals surface area contributed by atoms with Crippen LogP contribution in [-0.2, 0) is 4.79 Å². The molecule has 1 fully saturated rings. The number of nitrogens with one attached hydrogen (secondary N) is 1. The van der Waals surface area contributed by atoms with Crippen molar-refractivity contribution in [3.05, 3.63) is 53.3 Å². The van der Waals surface area contributed by atoms with Crippen molar-refractivity contribution < 1.29 is 4.79 Å². The summed E-state index contributed by atoms with van der Waals surface area (Å²) in [7, 11) is 2.03. The van der Waals surface area contributed by atoms with Crippen LogP contribution in [-0.4, -0.2) is 35.5 Å². The van der Waals surface area contributed by atoms with Crippen molar-refractivity contribution in [3.8, 4) is 11.8 Å². The predicted molar refractivity (Wildman–Crippen MR) is 103 cm³/mol. The molecule has 1 aromatic carbocycles. The molecule has 3 rings (SSSR count). The second-order valence-electron chi connectivity index (χ2n) is 6.60. The molecule has 26 heavy (non-hydrogen) atoms. The first kappa shape index (κ1) is 17.9. The predicted octanol–water partition coefficient (Wildman–Crippen LogP) is 2.71. The molecule has 5 nitrogen and oxygen atoms in total. The van der Waals surface area contributed by atoms with Gasteiger partial charge in [0.15, 0.2) is 0 Å². The highest BCUT2D eigenvalue weighted by molar-refractivity contribution is 5.83. The number of carbonyl (C=O) groups excluding carboxylic acids is 1. The van der Waals surface area contributed by atoms with Gasteiger partial charge in [-0.15, -0.1) is 0 Å². The van der Waals surface area contributed by atoms with Crippen LogP contribution in [0.1, 0.15) is 49.3 Å². The lowest BCUT2D eigenvalue weighted by atomic mass is 9.99. The molecule has 1 saturated carbocycles. The molecule has 1 aliphatic rings. The fraction of sp³-hybridized carbons (Fsp3) is 0.381. The van der Waals surface area contributed by atoms with Crippen LogP contribution in [0.15, 0.2) is 36.7 Å². The van der Waals surface area contributed by atoms with Gasteiger partial charge in [-0.05, 0) is 44.4 Å². The van der Waals surface area contributed by atoms with Crippen LogP contribution in [0.4, 0.5) is 5.95 Å². The molecule has 0 spiro atoms. The number of likely N-dealkylation sites (N-methyl/N-ethyl adjacent to an activating group) is 1. The Morgan fingerprint density at radius 3 is 2.38 bits per heavy atom. The Morgan fingerprint density at radius 1 is 1.19 bits per heavy atom. The van der Waals surface area contributed by atoms with Gasteiger partial charge in [-0.3, -0.25) is 4.79 Å². The molecule has 2 aromatic rings. The molecule has 0 saturated heterocycles. The molecule has 1 aromatic heterocycles. The lowest BCUT2D eigenvalue weighted by Gasteiger charge is -2.14. The van der Waals surface area contributed by atoms with Crippen LogP contribution >= 0.6 is 0 Å². The van der Waals surface area contributed by atoms with E-state index >= 15 is 0 Å². The van der Waals surface area contributed by atoms with Gasteiger partial charge in [0, 0.05) is 37.6 Å². The quantitative estimate of drug-likeness (QED) is 0.844. The van der Waals surface area contributed by atoms with E-state index in [1.165, 1.54) is 12.8 Å². The van der Waals surface area contributed by atoms with Gasteiger partial charge in [-0.2, -0.15) is 0 Å². The zero-order valence-electron chi connectivity index (χ0n) is 15.5. The number of rotatable bonds is 5. The Hall–Kier alpha value is -2.87. The van der Waals surface area contributed by atoms with E-state index in [2.05, 4.69) is 32.0 Å². The van der Waals surface area contributed by atoms with Gasteiger partial charge in [0.2, 0.25) is 11.9 Å². The van der Waals surface area contributed by atoms with Gasteiger partial charge < -0.3 is 10.2 Å². The van der Waals surface area contributed by atoms with Gasteiger partial charge in [0.1, 0.15) is 0 Å². The normalized spacial score (nSPS) is 14.1. The summed E-state index contributed by atoms with van der Waals surface area (Å²) in [6.45, 7) is 4.47. The lowest BCUT2D eigenvalue weighted by molar-refractivity contribution is -0.122. The van der Waals surface area contributed by atoms with Gasteiger partial charge in [0.25, 0.3) is 0 Å². The Bertz CT molecular complexity index is 814. The van der Waals surface area contributed by atoms with E-state index in [4.69, 9.17) is 0 Å². The Kier molecular flexibility index (Phi) is 5.52. The summed E-state index contributed by atoms with van der Waals surface area (Å²) >= 11 is 0. The summed E-state index contributed by atoms with van der Waals surface area (Å²) in [4.78, 5) is 22.8. The molecule has 0 bridgehead atoms. The molecule has 1 amide bonds. The maximum Gasteiger partial charge on any atom is 0.227 e. The van der Waals surface area contributed by atoms with Crippen molar-refractivity contribution >= 4 is 11.9 Å². The van der Waals surface area contributed by atoms with Crippen LogP contribution in [0.5, 0.6) is 0 Å². The van der Waals surface area contributed by atoms with Crippen molar-refractivity contribution in [1.29, 1.82) is 0 Å². The van der Waals surface area contributed by atoms with Crippen molar-refractivity contribution in [2.24, 2.45) is 0 Å². The summed E-state index contributed by atoms with van der Waals surface area (Å²) in [5.74, 6) is 6.84. The standard InChI is InChI=1S/C21H24N4O/c1-4-22-20(26)15(2)18-9-7-16(8-10-18)5-6-17-13-23-21(24-14-17)25(3)19-11-12-19/h7-10,13-15,19H,4,11-12H2,1-3H3,(H,22,26). The number of aromatic nitrogens is 2. The van der Waals surface area contributed by atoms with Gasteiger partial charge in [-0.1, -0.05) is 24.0 Å². The molecule has 1 unspecified atom stereocenters. The molecule has 0 aliphatic heterocycles. The zero-order valence-corrected chi connectivity index (χ0v) is 15.5. The third-order valence-corrected chi connectivity index (χ3v) is 4.55. The highest BCUT2D eigenvalue weighted by atomic mass is 16.1. The number of hydrogen-bond donors (Lipinski definition) is 1. The van der Waals surface area contributed by atoms with Crippen LogP contribution < -0.4 is 10.2 Å². The SMILES string of the molecule is CCNC(=O)C(C)c1ccc(C#Cc2cnc(N(C)C3CC3)nc2)cc1. The average molecular weight is 348 g/mol. The van der Waals surface area contributed by atoms with Gasteiger partial charge >= 0.3 is 0 Å². The Labute approximate surface area is 154 Å². The first-order valence-corrected chi connectivity index (χ1v) is 9.03. The zero-order chi connectivity index (χ0) is 18.5. The number of benzene rings is 1. The van der Waals surface area contributed by atoms with Crippen molar-refractivity contribution in [2.75, 3.05) is 18.5 Å². The summed E-state index contributed by atoms with van der Waals surface area (Å²) in [5.41, 5.74) is 2.67. The highest BCUT2D eigenvalue weighted by Gasteiger charge is 2.27. The molecule has 0 radical (unpaired) electrons. The highest BCUT2D eigenvalue weighted by Crippen LogP contribution is 2.27. The molecule has 1 atom stereocenters. The number of carbonyl (C=O) groups is 1. The maximum atomic E-state index is 11.9. The van der Waals surface area contributed by atoms with Crippen molar-refractivity contribution in [3.63, 3.8) is 0 Å². The van der Waals surface area contributed by atoms with Crippen LogP contribution in [0.2, 0.25) is 0 Å². The third-order valence-electron chi connectivity index (χ3n) is 4.55. The van der Waals surface area contributed by atoms with Crippen LogP contribution in [0, 0.1) is 11.8 Å². The monoisotopic (exact) mass is 348 g/mol. The minimum absolute atomic E-state index is 0.0414. The minimum atomic E-state index is -0.165. The molecule has 1 heterocycles. The molecule has 1 aliphatic carbocycles. The second-order valence-corrected chi connectivity index (χ2v) is 6.60. The van der Waals surface area contributed by atoms with E-state index in [9.17, 15) is 4.79 Å². The molecule has 134 valence electrons. The summed E-state index contributed by atoms with van der Waals surface area (Å²) in [6.07, 6.45) is 5.96. The molecule has 5 heteroatoms. The van der Waals surface area contributed by atoms with Crippen molar-refractivity contribution in [2.45, 2.75) is 38.6 Å². The summed E-state index contributed by atoms with van der Waals surface area (Å²) < 4.78 is 0. The average Bonchev–Trinajstić information content (AvgIpc) is 3.51. The first-order valence-electron chi connectivity index (χ1n) is 9.03. The number of anilines is 1. The van der Waals surface area contributed by atoms with Gasteiger partial charge in [-0.25, -0.2) is 9.97 Å². The van der Waals surface area contributed by atoms with E-state index in [0.29, 0.717) is 12.6 Å². The van der Waals surface area contributed by atoms with E-state index < -0.39 is 0 Å². The summed E-state index contributed by atoms with van der Waals surface area (Å²) in [5, 5.41) is 2.84. The molecular weight excluding hydrogens is 324 g/mol. The first-order chi connectivity index (χ1) is 12.6. The van der Waals surface area contributed by atoms with E-state index in [1.54, 1.807) is 12.4 Å². The topological polar surface area (TPSA) is 58.1 Å². The van der Waals surface area contributed by atoms with E-state index in [1.807, 2.05) is 45.2 Å². The third kappa shape index (κ3) is 4.40. The number of hydrogen-bond acceptors (Lipinski definition) is 4. The number of nitrogens with zero attached hydrogens (tertiary/aromatic N) is 3. The molecular formula is C21H24N4O. The fourth-order valence-electron chi connectivity index (χ4n) is 2.67. The maximum absolute atomic E-state index is 11.9. The van der Waals surface area contributed by atoms with Crippen LogP contribution in [0.25, 0.3) is 0 Å². The Morgan fingerprint density at radius 2 is 1.81 bits per heavy atom. The summed E-state index contributed by atoms with van der Waals surface area (Å²) in [6, 6.07) is 8.37.